The lowest BCUT2D eigenvalue weighted by Crippen LogP contribution is -2.47. The molecular weight excluding hydrogens is 202 g/mol. The maximum atomic E-state index is 11.1. The summed E-state index contributed by atoms with van der Waals surface area (Å²) in [6.07, 6.45) is 0. The van der Waals surface area contributed by atoms with E-state index in [2.05, 4.69) is 6.07 Å². The molecule has 1 N–H and O–H groups in total. The third kappa shape index (κ3) is 2.83. The summed E-state index contributed by atoms with van der Waals surface area (Å²) in [6.45, 7) is 6.10. The number of likely N-dealkylation sites (N-methyl/N-ethyl adjacent to an activating group) is 1. The van der Waals surface area contributed by atoms with Gasteiger partial charge in [0.1, 0.15) is 5.54 Å². The highest BCUT2D eigenvalue weighted by Crippen LogP contribution is 2.16. The number of rotatable bonds is 4. The van der Waals surface area contributed by atoms with Crippen molar-refractivity contribution in [2.75, 3.05) is 7.05 Å². The van der Waals surface area contributed by atoms with Gasteiger partial charge in [0.25, 0.3) is 0 Å². The maximum Gasteiger partial charge on any atom is 0.323 e. The van der Waals surface area contributed by atoms with Gasteiger partial charge in [-0.1, -0.05) is 29.8 Å². The van der Waals surface area contributed by atoms with Crippen molar-refractivity contribution in [2.24, 2.45) is 0 Å². The predicted octanol–water partition coefficient (Wildman–Crippen LogP) is 2.29. The Hall–Kier alpha value is -1.35. The highest BCUT2D eigenvalue weighted by Gasteiger charge is 2.31. The summed E-state index contributed by atoms with van der Waals surface area (Å²) in [6, 6.07) is 8.12. The molecule has 1 rings (SSSR count). The first-order valence-corrected chi connectivity index (χ1v) is 5.34. The van der Waals surface area contributed by atoms with Gasteiger partial charge in [0.2, 0.25) is 0 Å². The summed E-state index contributed by atoms with van der Waals surface area (Å²) in [5.74, 6) is -0.803. The van der Waals surface area contributed by atoms with Crippen molar-refractivity contribution in [2.45, 2.75) is 32.9 Å². The molecule has 16 heavy (non-hydrogen) atoms. The first-order valence-electron chi connectivity index (χ1n) is 5.34. The minimum atomic E-state index is -0.844. The van der Waals surface area contributed by atoms with Crippen LogP contribution in [0.4, 0.5) is 0 Å². The normalized spacial score (nSPS) is 11.8. The second-order valence-electron chi connectivity index (χ2n) is 4.71. The van der Waals surface area contributed by atoms with Crippen LogP contribution in [0.2, 0.25) is 0 Å². The predicted molar refractivity (Wildman–Crippen MR) is 64.4 cm³/mol. The molecule has 0 atom stereocenters. The fourth-order valence-electron chi connectivity index (χ4n) is 1.45. The van der Waals surface area contributed by atoms with Gasteiger partial charge in [-0.15, -0.1) is 0 Å². The van der Waals surface area contributed by atoms with Crippen LogP contribution in [-0.2, 0) is 11.3 Å². The van der Waals surface area contributed by atoms with Gasteiger partial charge in [0.15, 0.2) is 0 Å². The number of nitrogens with zero attached hydrogens (tertiary/aromatic N) is 1. The zero-order valence-corrected chi connectivity index (χ0v) is 10.3. The molecule has 0 aromatic heterocycles. The van der Waals surface area contributed by atoms with Crippen molar-refractivity contribution in [3.63, 3.8) is 0 Å². The van der Waals surface area contributed by atoms with Crippen molar-refractivity contribution < 1.29 is 9.90 Å². The van der Waals surface area contributed by atoms with E-state index in [4.69, 9.17) is 5.11 Å². The number of aliphatic carboxylic acids is 1. The molecule has 3 nitrogen and oxygen atoms in total. The zero-order chi connectivity index (χ0) is 12.3. The molecule has 0 saturated heterocycles. The highest BCUT2D eigenvalue weighted by atomic mass is 16.4. The molecule has 0 spiro atoms. The molecule has 0 heterocycles. The zero-order valence-electron chi connectivity index (χ0n) is 10.3. The van der Waals surface area contributed by atoms with Gasteiger partial charge in [0, 0.05) is 6.54 Å². The summed E-state index contributed by atoms with van der Waals surface area (Å²) in [5, 5.41) is 9.10. The Morgan fingerprint density at radius 3 is 2.56 bits per heavy atom. The third-order valence-electron chi connectivity index (χ3n) is 2.98. The molecule has 0 unspecified atom stereocenters. The SMILES string of the molecule is Cc1cccc(CN(C)C(C)(C)C(=O)O)c1. The summed E-state index contributed by atoms with van der Waals surface area (Å²) in [4.78, 5) is 12.9. The molecule has 0 fully saturated rings. The van der Waals surface area contributed by atoms with Crippen LogP contribution in [-0.4, -0.2) is 28.6 Å². The largest absolute Gasteiger partial charge is 0.480 e. The quantitative estimate of drug-likeness (QED) is 0.848. The van der Waals surface area contributed by atoms with E-state index >= 15 is 0 Å². The number of carboxylic acid groups (broad SMARTS) is 1. The van der Waals surface area contributed by atoms with Crippen molar-refractivity contribution in [3.05, 3.63) is 35.4 Å². The number of hydrogen-bond acceptors (Lipinski definition) is 2. The summed E-state index contributed by atoms with van der Waals surface area (Å²) in [7, 11) is 1.83. The molecule has 0 bridgehead atoms. The van der Waals surface area contributed by atoms with E-state index in [0.717, 1.165) is 5.56 Å². The molecule has 0 amide bonds. The molecule has 1 aromatic rings. The molecule has 3 heteroatoms. The van der Waals surface area contributed by atoms with Crippen molar-refractivity contribution in [3.8, 4) is 0 Å². The Balaban J connectivity index is 2.79. The number of hydrogen-bond donors (Lipinski definition) is 1. The van der Waals surface area contributed by atoms with Crippen LogP contribution >= 0.6 is 0 Å². The van der Waals surface area contributed by atoms with Crippen LogP contribution in [0, 0.1) is 6.92 Å². The minimum Gasteiger partial charge on any atom is -0.480 e. The molecule has 0 aliphatic heterocycles. The molecule has 0 aliphatic rings. The summed E-state index contributed by atoms with van der Waals surface area (Å²) >= 11 is 0. The van der Waals surface area contributed by atoms with E-state index in [-0.39, 0.29) is 0 Å². The lowest BCUT2D eigenvalue weighted by Gasteiger charge is -2.31. The average molecular weight is 221 g/mol. The number of benzene rings is 1. The van der Waals surface area contributed by atoms with Crippen molar-refractivity contribution in [1.29, 1.82) is 0 Å². The van der Waals surface area contributed by atoms with E-state index in [0.29, 0.717) is 6.54 Å². The standard InChI is InChI=1S/C13H19NO2/c1-10-6-5-7-11(8-10)9-14(4)13(2,3)12(15)16/h5-8H,9H2,1-4H3,(H,15,16). The monoisotopic (exact) mass is 221 g/mol. The van der Waals surface area contributed by atoms with Crippen LogP contribution in [0.15, 0.2) is 24.3 Å². The van der Waals surface area contributed by atoms with E-state index in [9.17, 15) is 4.79 Å². The second kappa shape index (κ2) is 4.66. The Kier molecular flexibility index (Phi) is 3.70. The Bertz CT molecular complexity index is 385. The number of carboxylic acids is 1. The Labute approximate surface area is 96.7 Å². The topological polar surface area (TPSA) is 40.5 Å². The van der Waals surface area contributed by atoms with Crippen molar-refractivity contribution in [1.82, 2.24) is 4.90 Å². The average Bonchev–Trinajstić information content (AvgIpc) is 2.17. The van der Waals surface area contributed by atoms with Crippen LogP contribution in [0.3, 0.4) is 0 Å². The maximum absolute atomic E-state index is 11.1. The van der Waals surface area contributed by atoms with Gasteiger partial charge in [0.05, 0.1) is 0 Å². The summed E-state index contributed by atoms with van der Waals surface area (Å²) in [5.41, 5.74) is 1.49. The summed E-state index contributed by atoms with van der Waals surface area (Å²) < 4.78 is 0. The fourth-order valence-corrected chi connectivity index (χ4v) is 1.45. The third-order valence-corrected chi connectivity index (χ3v) is 2.98. The molecular formula is C13H19NO2. The number of aryl methyl sites for hydroxylation is 1. The highest BCUT2D eigenvalue weighted by molar-refractivity contribution is 5.77. The lowest BCUT2D eigenvalue weighted by atomic mass is 10.0. The van der Waals surface area contributed by atoms with Gasteiger partial charge < -0.3 is 5.11 Å². The molecule has 0 radical (unpaired) electrons. The van der Waals surface area contributed by atoms with Gasteiger partial charge in [-0.2, -0.15) is 0 Å². The fraction of sp³-hybridized carbons (Fsp3) is 0.462. The van der Waals surface area contributed by atoms with Crippen LogP contribution in [0.1, 0.15) is 25.0 Å². The molecule has 1 aromatic carbocycles. The Morgan fingerprint density at radius 1 is 1.44 bits per heavy atom. The van der Waals surface area contributed by atoms with E-state index < -0.39 is 11.5 Å². The van der Waals surface area contributed by atoms with Gasteiger partial charge >= 0.3 is 5.97 Å². The van der Waals surface area contributed by atoms with Gasteiger partial charge in [-0.3, -0.25) is 9.69 Å². The Morgan fingerprint density at radius 2 is 2.06 bits per heavy atom. The van der Waals surface area contributed by atoms with Crippen LogP contribution < -0.4 is 0 Å². The van der Waals surface area contributed by atoms with E-state index in [1.54, 1.807) is 13.8 Å². The number of carbonyl (C=O) groups is 1. The van der Waals surface area contributed by atoms with Crippen molar-refractivity contribution >= 4 is 5.97 Å². The van der Waals surface area contributed by atoms with E-state index in [1.165, 1.54) is 5.56 Å². The molecule has 88 valence electrons. The molecule has 0 saturated carbocycles. The minimum absolute atomic E-state index is 0.640. The van der Waals surface area contributed by atoms with Gasteiger partial charge in [-0.05, 0) is 33.4 Å². The van der Waals surface area contributed by atoms with E-state index in [1.807, 2.05) is 37.1 Å². The smallest absolute Gasteiger partial charge is 0.323 e. The van der Waals surface area contributed by atoms with Gasteiger partial charge in [-0.25, -0.2) is 0 Å². The second-order valence-corrected chi connectivity index (χ2v) is 4.71. The van der Waals surface area contributed by atoms with Crippen LogP contribution in [0.5, 0.6) is 0 Å². The first kappa shape index (κ1) is 12.7. The molecule has 0 aliphatic carbocycles. The first-order chi connectivity index (χ1) is 7.34. The lowest BCUT2D eigenvalue weighted by molar-refractivity contribution is -0.148. The van der Waals surface area contributed by atoms with Crippen LogP contribution in [0.25, 0.3) is 0 Å².